The molecular formula is C32H36ClN3O5. The molecule has 0 spiro atoms. The molecule has 8 nitrogen and oxygen atoms in total. The molecule has 3 aromatic carbocycles. The maximum atomic E-state index is 13.0. The summed E-state index contributed by atoms with van der Waals surface area (Å²) in [5, 5.41) is 8.97. The zero-order valence-corrected chi connectivity index (χ0v) is 24.7. The van der Waals surface area contributed by atoms with Crippen molar-refractivity contribution in [3.8, 4) is 0 Å². The summed E-state index contributed by atoms with van der Waals surface area (Å²) in [7, 11) is 1.26. The lowest BCUT2D eigenvalue weighted by Crippen LogP contribution is -2.49. The van der Waals surface area contributed by atoms with Gasteiger partial charge < -0.3 is 25.4 Å². The van der Waals surface area contributed by atoms with Gasteiger partial charge in [0.2, 0.25) is 0 Å². The van der Waals surface area contributed by atoms with Crippen LogP contribution in [0.3, 0.4) is 0 Å². The first-order valence-corrected chi connectivity index (χ1v) is 13.5. The Morgan fingerprint density at radius 3 is 2.37 bits per heavy atom. The van der Waals surface area contributed by atoms with Crippen molar-refractivity contribution in [2.45, 2.75) is 39.3 Å². The molecule has 216 valence electrons. The molecule has 41 heavy (non-hydrogen) atoms. The van der Waals surface area contributed by atoms with E-state index in [1.165, 1.54) is 7.11 Å². The Hall–Kier alpha value is -4.14. The number of benzene rings is 3. The number of urea groups is 1. The van der Waals surface area contributed by atoms with Crippen LogP contribution in [0.25, 0.3) is 6.08 Å². The second-order valence-corrected chi connectivity index (χ2v) is 10.7. The van der Waals surface area contributed by atoms with Gasteiger partial charge in [-0.05, 0) is 63.1 Å². The smallest absolute Gasteiger partial charge is 0.330 e. The van der Waals surface area contributed by atoms with Crippen LogP contribution in [0.4, 0.5) is 16.2 Å². The van der Waals surface area contributed by atoms with E-state index in [1.54, 1.807) is 24.3 Å². The molecule has 3 aromatic rings. The normalized spacial score (nSPS) is 12.0. The van der Waals surface area contributed by atoms with Gasteiger partial charge in [-0.3, -0.25) is 4.79 Å². The highest BCUT2D eigenvalue weighted by atomic mass is 35.5. The highest BCUT2D eigenvalue weighted by Gasteiger charge is 2.24. The van der Waals surface area contributed by atoms with Crippen LogP contribution >= 0.6 is 11.6 Å². The molecule has 3 N–H and O–H groups in total. The predicted molar refractivity (Wildman–Crippen MR) is 163 cm³/mol. The van der Waals surface area contributed by atoms with E-state index in [9.17, 15) is 14.4 Å². The minimum absolute atomic E-state index is 0.0104. The number of ether oxygens (including phenoxy) is 2. The van der Waals surface area contributed by atoms with Gasteiger partial charge in [-0.15, -0.1) is 0 Å². The quantitative estimate of drug-likeness (QED) is 0.183. The van der Waals surface area contributed by atoms with Crippen molar-refractivity contribution < 1.29 is 23.9 Å². The van der Waals surface area contributed by atoms with E-state index in [2.05, 4.69) is 16.0 Å². The van der Waals surface area contributed by atoms with Gasteiger partial charge in [0.15, 0.2) is 11.8 Å². The summed E-state index contributed by atoms with van der Waals surface area (Å²) in [6.45, 7) is 7.67. The number of para-hydroxylation sites is 1. The fourth-order valence-electron chi connectivity index (χ4n) is 3.85. The van der Waals surface area contributed by atoms with E-state index < -0.39 is 23.6 Å². The Morgan fingerprint density at radius 2 is 1.68 bits per heavy atom. The number of hydrogen-bond donors (Lipinski definition) is 3. The Bertz CT molecular complexity index is 1410. The van der Waals surface area contributed by atoms with Gasteiger partial charge in [-0.1, -0.05) is 66.2 Å². The van der Waals surface area contributed by atoms with Gasteiger partial charge in [0.25, 0.3) is 0 Å². The predicted octanol–water partition coefficient (Wildman–Crippen LogP) is 6.29. The number of amides is 2. The van der Waals surface area contributed by atoms with Crippen LogP contribution in [0.1, 0.15) is 47.8 Å². The molecule has 0 unspecified atom stereocenters. The van der Waals surface area contributed by atoms with E-state index >= 15 is 0 Å². The first-order chi connectivity index (χ1) is 19.5. The summed E-state index contributed by atoms with van der Waals surface area (Å²) < 4.78 is 10.4. The molecule has 0 aliphatic carbocycles. The molecule has 1 atom stereocenters. The number of ketones is 1. The molecule has 0 fully saturated rings. The molecule has 3 rings (SSSR count). The van der Waals surface area contributed by atoms with Crippen molar-refractivity contribution in [1.82, 2.24) is 10.6 Å². The summed E-state index contributed by atoms with van der Waals surface area (Å²) in [6, 6.07) is 18.8. The number of carbonyl (C=O) groups excluding carboxylic acids is 3. The molecule has 0 aliphatic heterocycles. The Kier molecular flexibility index (Phi) is 11.1. The molecule has 0 radical (unpaired) electrons. The maximum Gasteiger partial charge on any atom is 0.330 e. The molecule has 9 heteroatoms. The number of esters is 1. The maximum absolute atomic E-state index is 13.0. The van der Waals surface area contributed by atoms with Gasteiger partial charge in [0.1, 0.15) is 0 Å². The number of rotatable bonds is 11. The van der Waals surface area contributed by atoms with E-state index in [4.69, 9.17) is 21.1 Å². The second-order valence-electron chi connectivity index (χ2n) is 10.3. The van der Waals surface area contributed by atoms with Crippen LogP contribution in [0.2, 0.25) is 5.02 Å². The average Bonchev–Trinajstić information content (AvgIpc) is 2.93. The number of anilines is 2. The van der Waals surface area contributed by atoms with Gasteiger partial charge in [0.05, 0.1) is 24.3 Å². The number of carbonyl (C=O) groups is 3. The van der Waals surface area contributed by atoms with Crippen LogP contribution < -0.4 is 16.0 Å². The van der Waals surface area contributed by atoms with Crippen molar-refractivity contribution in [1.29, 1.82) is 0 Å². The monoisotopic (exact) mass is 577 g/mol. The lowest BCUT2D eigenvalue weighted by Gasteiger charge is -2.23. The van der Waals surface area contributed by atoms with Gasteiger partial charge in [-0.25, -0.2) is 9.59 Å². The summed E-state index contributed by atoms with van der Waals surface area (Å²) in [6.07, 6.45) is 3.65. The van der Waals surface area contributed by atoms with E-state index in [-0.39, 0.29) is 18.9 Å². The van der Waals surface area contributed by atoms with Crippen LogP contribution in [-0.2, 0) is 14.3 Å². The zero-order chi connectivity index (χ0) is 30.0. The van der Waals surface area contributed by atoms with Crippen molar-refractivity contribution in [2.75, 3.05) is 25.6 Å². The molecule has 0 heterocycles. The standard InChI is InChI=1S/C32H36ClN3O5/c1-21-11-6-8-14-24(21)29(37)25-17-16-23(19-26(25)33)35-27-15-9-7-12-22(27)13-10-18-34-31(39)36-28(30(38)40-5)20-41-32(2,3)4/h6-17,19,28,35H,18,20H2,1-5H3,(H2,34,36,39)/b13-10+/t28-/m0/s1. The molecule has 0 saturated carbocycles. The highest BCUT2D eigenvalue weighted by molar-refractivity contribution is 6.35. The molecule has 2 amide bonds. The third-order valence-electron chi connectivity index (χ3n) is 6.00. The summed E-state index contributed by atoms with van der Waals surface area (Å²) in [5.41, 5.74) is 3.88. The van der Waals surface area contributed by atoms with E-state index in [0.29, 0.717) is 16.1 Å². The SMILES string of the molecule is COC(=O)[C@H](COC(C)(C)C)NC(=O)NC/C=C/c1ccccc1Nc1ccc(C(=O)c2ccccc2C)c(Cl)c1. The van der Waals surface area contributed by atoms with Gasteiger partial charge in [-0.2, -0.15) is 0 Å². The largest absolute Gasteiger partial charge is 0.467 e. The highest BCUT2D eigenvalue weighted by Crippen LogP contribution is 2.28. The first kappa shape index (κ1) is 31.4. The summed E-state index contributed by atoms with van der Waals surface area (Å²) in [5.74, 6) is -0.716. The second kappa shape index (κ2) is 14.5. The van der Waals surface area contributed by atoms with Crippen molar-refractivity contribution >= 4 is 46.8 Å². The molecule has 0 aliphatic rings. The molecule has 0 bridgehead atoms. The Morgan fingerprint density at radius 1 is 0.976 bits per heavy atom. The number of hydrogen-bond acceptors (Lipinski definition) is 6. The van der Waals surface area contributed by atoms with Crippen molar-refractivity contribution in [3.63, 3.8) is 0 Å². The van der Waals surface area contributed by atoms with Crippen LogP contribution in [0.15, 0.2) is 72.8 Å². The minimum Gasteiger partial charge on any atom is -0.467 e. The fraction of sp³-hybridized carbons (Fsp3) is 0.281. The Balaban J connectivity index is 1.61. The number of aryl methyl sites for hydroxylation is 1. The first-order valence-electron chi connectivity index (χ1n) is 13.2. The van der Waals surface area contributed by atoms with Crippen LogP contribution in [-0.4, -0.2) is 49.7 Å². The van der Waals surface area contributed by atoms with Crippen molar-refractivity contribution in [3.05, 3.63) is 100 Å². The van der Waals surface area contributed by atoms with E-state index in [0.717, 1.165) is 22.5 Å². The third-order valence-corrected chi connectivity index (χ3v) is 6.31. The van der Waals surface area contributed by atoms with Crippen LogP contribution in [0.5, 0.6) is 0 Å². The fourth-order valence-corrected chi connectivity index (χ4v) is 4.12. The lowest BCUT2D eigenvalue weighted by molar-refractivity contribution is -0.146. The molecule has 0 aromatic heterocycles. The zero-order valence-electron chi connectivity index (χ0n) is 23.9. The lowest BCUT2D eigenvalue weighted by atomic mass is 9.99. The minimum atomic E-state index is -0.932. The number of methoxy groups -OCH3 is 1. The van der Waals surface area contributed by atoms with Crippen molar-refractivity contribution in [2.24, 2.45) is 0 Å². The Labute approximate surface area is 246 Å². The molecular weight excluding hydrogens is 542 g/mol. The van der Waals surface area contributed by atoms with E-state index in [1.807, 2.05) is 82.3 Å². The average molecular weight is 578 g/mol. The van der Waals surface area contributed by atoms with Gasteiger partial charge in [0, 0.05) is 29.0 Å². The number of nitrogens with one attached hydrogen (secondary N) is 3. The number of halogens is 1. The topological polar surface area (TPSA) is 106 Å². The van der Waals surface area contributed by atoms with Gasteiger partial charge >= 0.3 is 12.0 Å². The third kappa shape index (κ3) is 9.48. The molecule has 0 saturated heterocycles. The summed E-state index contributed by atoms with van der Waals surface area (Å²) in [4.78, 5) is 37.4. The summed E-state index contributed by atoms with van der Waals surface area (Å²) >= 11 is 6.51. The van der Waals surface area contributed by atoms with Crippen LogP contribution in [0, 0.1) is 6.92 Å².